The number of anilines is 1. The van der Waals surface area contributed by atoms with E-state index in [-0.39, 0.29) is 42.2 Å². The number of carbonyl (C=O) groups excluding carboxylic acids is 1. The van der Waals surface area contributed by atoms with Crippen molar-refractivity contribution in [2.24, 2.45) is 4.99 Å². The Morgan fingerprint density at radius 2 is 1.96 bits per heavy atom. The lowest BCUT2D eigenvalue weighted by atomic mass is 10.2. The van der Waals surface area contributed by atoms with Crippen LogP contribution in [-0.2, 0) is 9.53 Å². The monoisotopic (exact) mass is 464 g/mol. The zero-order valence-corrected chi connectivity index (χ0v) is 17.0. The van der Waals surface area contributed by atoms with Crippen molar-refractivity contribution in [2.45, 2.75) is 13.3 Å². The van der Waals surface area contributed by atoms with Crippen LogP contribution in [0, 0.1) is 5.82 Å². The predicted octanol–water partition coefficient (Wildman–Crippen LogP) is 2.09. The Morgan fingerprint density at radius 3 is 2.56 bits per heavy atom. The molecule has 140 valence electrons. The minimum absolute atomic E-state index is 0. The normalized spacial score (nSPS) is 14.8. The standard InChI is InChI=1S/C17H25FN4O2.HI/c1-3-19-17(20-9-8-16(23)24-2)22-12-10-21(11-13-22)15-7-5-4-6-14(15)18;/h4-7H,3,8-13H2,1-2H3,(H,19,20);1H. The molecule has 1 aliphatic rings. The van der Waals surface area contributed by atoms with Crippen molar-refractivity contribution < 1.29 is 13.9 Å². The molecule has 25 heavy (non-hydrogen) atoms. The molecule has 0 radical (unpaired) electrons. The van der Waals surface area contributed by atoms with Gasteiger partial charge in [0.25, 0.3) is 0 Å². The van der Waals surface area contributed by atoms with Crippen LogP contribution in [-0.4, -0.2) is 63.2 Å². The number of piperazine rings is 1. The summed E-state index contributed by atoms with van der Waals surface area (Å²) in [7, 11) is 1.37. The third-order valence-electron chi connectivity index (χ3n) is 3.91. The second kappa shape index (κ2) is 11.1. The Morgan fingerprint density at radius 1 is 1.28 bits per heavy atom. The first kappa shape index (κ1) is 21.5. The number of guanidine groups is 1. The average molecular weight is 464 g/mol. The van der Waals surface area contributed by atoms with Crippen LogP contribution in [0.1, 0.15) is 13.3 Å². The fraction of sp³-hybridized carbons (Fsp3) is 0.529. The van der Waals surface area contributed by atoms with Crippen LogP contribution >= 0.6 is 24.0 Å². The van der Waals surface area contributed by atoms with Gasteiger partial charge in [-0.15, -0.1) is 24.0 Å². The van der Waals surface area contributed by atoms with Crippen molar-refractivity contribution >= 4 is 41.6 Å². The van der Waals surface area contributed by atoms with Crippen molar-refractivity contribution in [3.8, 4) is 0 Å². The van der Waals surface area contributed by atoms with Gasteiger partial charge in [0.15, 0.2) is 5.96 Å². The van der Waals surface area contributed by atoms with Crippen LogP contribution in [0.2, 0.25) is 0 Å². The highest BCUT2D eigenvalue weighted by molar-refractivity contribution is 14.0. The third-order valence-corrected chi connectivity index (χ3v) is 3.91. The maximum Gasteiger partial charge on any atom is 0.307 e. The van der Waals surface area contributed by atoms with Gasteiger partial charge < -0.3 is 19.9 Å². The van der Waals surface area contributed by atoms with E-state index in [0.717, 1.165) is 38.7 Å². The fourth-order valence-corrected chi connectivity index (χ4v) is 2.65. The van der Waals surface area contributed by atoms with E-state index in [2.05, 4.69) is 19.9 Å². The van der Waals surface area contributed by atoms with Gasteiger partial charge in [0, 0.05) is 32.7 Å². The van der Waals surface area contributed by atoms with Gasteiger partial charge in [-0.05, 0) is 19.1 Å². The molecule has 1 aliphatic heterocycles. The van der Waals surface area contributed by atoms with Gasteiger partial charge in [-0.3, -0.25) is 9.79 Å². The molecule has 1 aromatic carbocycles. The quantitative estimate of drug-likeness (QED) is 0.313. The SMILES string of the molecule is CCNC(=NCCC(=O)OC)N1CCN(c2ccccc2F)CC1.I. The van der Waals surface area contributed by atoms with Crippen molar-refractivity contribution in [3.63, 3.8) is 0 Å². The highest BCUT2D eigenvalue weighted by atomic mass is 127. The summed E-state index contributed by atoms with van der Waals surface area (Å²) < 4.78 is 18.5. The Labute approximate surface area is 165 Å². The van der Waals surface area contributed by atoms with Crippen LogP contribution in [0.25, 0.3) is 0 Å². The number of rotatable bonds is 5. The second-order valence-electron chi connectivity index (χ2n) is 5.49. The van der Waals surface area contributed by atoms with Crippen LogP contribution < -0.4 is 10.2 Å². The minimum atomic E-state index is -0.265. The van der Waals surface area contributed by atoms with E-state index in [4.69, 9.17) is 0 Å². The maximum atomic E-state index is 13.9. The van der Waals surface area contributed by atoms with Gasteiger partial charge >= 0.3 is 5.97 Å². The van der Waals surface area contributed by atoms with Crippen LogP contribution in [0.4, 0.5) is 10.1 Å². The minimum Gasteiger partial charge on any atom is -0.469 e. The molecule has 2 rings (SSSR count). The lowest BCUT2D eigenvalue weighted by Gasteiger charge is -2.37. The van der Waals surface area contributed by atoms with Crippen molar-refractivity contribution in [3.05, 3.63) is 30.1 Å². The van der Waals surface area contributed by atoms with Crippen molar-refractivity contribution in [2.75, 3.05) is 51.3 Å². The largest absolute Gasteiger partial charge is 0.469 e. The molecule has 1 saturated heterocycles. The number of nitrogens with one attached hydrogen (secondary N) is 1. The molecule has 0 amide bonds. The maximum absolute atomic E-state index is 13.9. The number of nitrogens with zero attached hydrogens (tertiary/aromatic N) is 3. The number of hydrogen-bond donors (Lipinski definition) is 1. The van der Waals surface area contributed by atoms with Gasteiger partial charge in [0.2, 0.25) is 0 Å². The number of methoxy groups -OCH3 is 1. The molecule has 0 aromatic heterocycles. The van der Waals surface area contributed by atoms with E-state index < -0.39 is 0 Å². The number of ether oxygens (including phenoxy) is 1. The van der Waals surface area contributed by atoms with Gasteiger partial charge in [0.1, 0.15) is 5.82 Å². The van der Waals surface area contributed by atoms with Gasteiger partial charge in [0.05, 0.1) is 25.8 Å². The van der Waals surface area contributed by atoms with Gasteiger partial charge in [-0.25, -0.2) is 4.39 Å². The molecule has 0 spiro atoms. The highest BCUT2D eigenvalue weighted by Crippen LogP contribution is 2.20. The summed E-state index contributed by atoms with van der Waals surface area (Å²) >= 11 is 0. The molecule has 0 saturated carbocycles. The first-order valence-electron chi connectivity index (χ1n) is 8.25. The summed E-state index contributed by atoms with van der Waals surface area (Å²) in [6.45, 7) is 6.10. The van der Waals surface area contributed by atoms with E-state index in [9.17, 15) is 9.18 Å². The average Bonchev–Trinajstić information content (AvgIpc) is 2.61. The number of halogens is 2. The lowest BCUT2D eigenvalue weighted by Crippen LogP contribution is -2.52. The summed E-state index contributed by atoms with van der Waals surface area (Å²) in [5.74, 6) is 0.332. The van der Waals surface area contributed by atoms with E-state index in [1.165, 1.54) is 13.2 Å². The zero-order chi connectivity index (χ0) is 17.4. The number of carbonyl (C=O) groups is 1. The van der Waals surface area contributed by atoms with Crippen molar-refractivity contribution in [1.29, 1.82) is 0 Å². The van der Waals surface area contributed by atoms with Crippen LogP contribution in [0.3, 0.4) is 0 Å². The van der Waals surface area contributed by atoms with Crippen LogP contribution in [0.15, 0.2) is 29.3 Å². The molecule has 6 nitrogen and oxygen atoms in total. The molecule has 0 unspecified atom stereocenters. The molecule has 1 aromatic rings. The molecule has 1 N–H and O–H groups in total. The smallest absolute Gasteiger partial charge is 0.307 e. The summed E-state index contributed by atoms with van der Waals surface area (Å²) in [5.41, 5.74) is 0.643. The molecule has 0 aliphatic carbocycles. The second-order valence-corrected chi connectivity index (χ2v) is 5.49. The first-order valence-corrected chi connectivity index (χ1v) is 8.25. The van der Waals surface area contributed by atoms with E-state index in [1.807, 2.05) is 17.9 Å². The number of aliphatic imine (C=N–C) groups is 1. The molecule has 1 heterocycles. The number of hydrogen-bond acceptors (Lipinski definition) is 4. The molecule has 8 heteroatoms. The topological polar surface area (TPSA) is 57.2 Å². The molecule has 0 atom stereocenters. The Bertz CT molecular complexity index is 578. The third kappa shape index (κ3) is 6.33. The molecular formula is C17H26FIN4O2. The Balaban J connectivity index is 0.00000312. The zero-order valence-electron chi connectivity index (χ0n) is 14.7. The molecule has 0 bridgehead atoms. The Hall–Kier alpha value is -1.58. The number of esters is 1. The van der Waals surface area contributed by atoms with Gasteiger partial charge in [-0.1, -0.05) is 12.1 Å². The summed E-state index contributed by atoms with van der Waals surface area (Å²) in [5, 5.41) is 3.24. The highest BCUT2D eigenvalue weighted by Gasteiger charge is 2.21. The number of benzene rings is 1. The fourth-order valence-electron chi connectivity index (χ4n) is 2.65. The summed E-state index contributed by atoms with van der Waals surface area (Å²) in [6, 6.07) is 6.84. The van der Waals surface area contributed by atoms with Crippen molar-refractivity contribution in [1.82, 2.24) is 10.2 Å². The van der Waals surface area contributed by atoms with E-state index >= 15 is 0 Å². The first-order chi connectivity index (χ1) is 11.7. The molecular weight excluding hydrogens is 438 g/mol. The molecule has 1 fully saturated rings. The van der Waals surface area contributed by atoms with E-state index in [0.29, 0.717) is 12.2 Å². The summed E-state index contributed by atoms with van der Waals surface area (Å²) in [6.07, 6.45) is 0.264. The Kier molecular flexibility index (Phi) is 9.54. The summed E-state index contributed by atoms with van der Waals surface area (Å²) in [4.78, 5) is 19.9. The van der Waals surface area contributed by atoms with Crippen LogP contribution in [0.5, 0.6) is 0 Å². The lowest BCUT2D eigenvalue weighted by molar-refractivity contribution is -0.140. The van der Waals surface area contributed by atoms with E-state index in [1.54, 1.807) is 12.1 Å². The number of para-hydroxylation sites is 1. The predicted molar refractivity (Wildman–Crippen MR) is 108 cm³/mol. The van der Waals surface area contributed by atoms with Gasteiger partial charge in [-0.2, -0.15) is 0 Å².